The molecule has 0 bridgehead atoms. The molecule has 90 valence electrons. The molecule has 0 saturated carbocycles. The van der Waals surface area contributed by atoms with Crippen molar-refractivity contribution in [2.24, 2.45) is 0 Å². The molecule has 0 aliphatic heterocycles. The van der Waals surface area contributed by atoms with E-state index < -0.39 is 12.5 Å². The maximum absolute atomic E-state index is 9.86. The Morgan fingerprint density at radius 1 is 1.38 bits per heavy atom. The van der Waals surface area contributed by atoms with Gasteiger partial charge in [-0.2, -0.15) is 0 Å². The lowest BCUT2D eigenvalue weighted by molar-refractivity contribution is 0.0915. The minimum Gasteiger partial charge on any atom is -0.374 e. The number of rotatable bonds is 4. The summed E-state index contributed by atoms with van der Waals surface area (Å²) in [5.74, 6) is 0. The molecule has 0 spiro atoms. The van der Waals surface area contributed by atoms with Crippen LogP contribution in [0.25, 0.3) is 0 Å². The van der Waals surface area contributed by atoms with Gasteiger partial charge in [0.05, 0.1) is 0 Å². The van der Waals surface area contributed by atoms with Gasteiger partial charge in [-0.3, -0.25) is 0 Å². The van der Waals surface area contributed by atoms with E-state index >= 15 is 0 Å². The number of halogens is 1. The Morgan fingerprint density at radius 2 is 2.00 bits per heavy atom. The van der Waals surface area contributed by atoms with Crippen LogP contribution in [0.3, 0.4) is 0 Å². The highest BCUT2D eigenvalue weighted by Crippen LogP contribution is 2.25. The van der Waals surface area contributed by atoms with E-state index in [-0.39, 0.29) is 0 Å². The van der Waals surface area contributed by atoms with E-state index in [2.05, 4.69) is 15.9 Å². The normalized spacial score (nSPS) is 14.6. The second kappa shape index (κ2) is 5.66. The summed E-state index contributed by atoms with van der Waals surface area (Å²) < 4.78 is 1.02. The number of aryl methyl sites for hydroxylation is 1. The van der Waals surface area contributed by atoms with Crippen LogP contribution in [-0.2, 0) is 0 Å². The van der Waals surface area contributed by atoms with Gasteiger partial charge in [-0.15, -0.1) is 0 Å². The summed E-state index contributed by atoms with van der Waals surface area (Å²) in [4.78, 5) is 1.60. The van der Waals surface area contributed by atoms with Crippen molar-refractivity contribution >= 4 is 21.6 Å². The predicted molar refractivity (Wildman–Crippen MR) is 69.3 cm³/mol. The third kappa shape index (κ3) is 2.97. The SMILES string of the molecule is CCC(O)N(c1ccc(Br)c(C)c1)C(C)O. The standard InChI is InChI=1S/C12H18BrNO2/c1-4-12(16)14(9(3)15)10-5-6-11(13)8(2)7-10/h5-7,9,12,15-16H,4H2,1-3H3. The van der Waals surface area contributed by atoms with Crippen LogP contribution in [0.2, 0.25) is 0 Å². The third-order valence-corrected chi connectivity index (χ3v) is 3.42. The molecule has 0 heterocycles. The lowest BCUT2D eigenvalue weighted by Gasteiger charge is -2.32. The Balaban J connectivity index is 3.06. The number of aliphatic hydroxyl groups excluding tert-OH is 2. The van der Waals surface area contributed by atoms with Crippen LogP contribution in [0, 0.1) is 6.92 Å². The molecule has 1 rings (SSSR count). The quantitative estimate of drug-likeness (QED) is 0.837. The summed E-state index contributed by atoms with van der Waals surface area (Å²) in [6.07, 6.45) is -0.809. The molecule has 2 atom stereocenters. The van der Waals surface area contributed by atoms with E-state index in [0.717, 1.165) is 15.7 Å². The maximum atomic E-state index is 9.86. The monoisotopic (exact) mass is 287 g/mol. The molecule has 1 aromatic carbocycles. The number of hydrogen-bond donors (Lipinski definition) is 2. The number of aliphatic hydroxyl groups is 2. The van der Waals surface area contributed by atoms with Gasteiger partial charge in [0.15, 0.2) is 0 Å². The Bertz CT molecular complexity index is 355. The highest BCUT2D eigenvalue weighted by Gasteiger charge is 2.19. The molecule has 0 aromatic heterocycles. The van der Waals surface area contributed by atoms with Crippen molar-refractivity contribution in [1.82, 2.24) is 0 Å². The van der Waals surface area contributed by atoms with Crippen molar-refractivity contribution in [1.29, 1.82) is 0 Å². The van der Waals surface area contributed by atoms with Gasteiger partial charge in [-0.1, -0.05) is 22.9 Å². The fourth-order valence-corrected chi connectivity index (χ4v) is 1.87. The zero-order valence-corrected chi connectivity index (χ0v) is 11.4. The van der Waals surface area contributed by atoms with Crippen LogP contribution in [0.4, 0.5) is 5.69 Å². The van der Waals surface area contributed by atoms with Gasteiger partial charge in [0.1, 0.15) is 12.5 Å². The Labute approximate surface area is 105 Å². The second-order valence-electron chi connectivity index (χ2n) is 3.86. The minimum absolute atomic E-state index is 0.569. The van der Waals surface area contributed by atoms with Gasteiger partial charge >= 0.3 is 0 Å². The number of benzene rings is 1. The fraction of sp³-hybridized carbons (Fsp3) is 0.500. The Hall–Kier alpha value is -0.580. The summed E-state index contributed by atoms with van der Waals surface area (Å²) in [7, 11) is 0. The summed E-state index contributed by atoms with van der Waals surface area (Å²) in [5.41, 5.74) is 1.90. The van der Waals surface area contributed by atoms with E-state index in [1.807, 2.05) is 32.0 Å². The number of hydrogen-bond acceptors (Lipinski definition) is 3. The first-order valence-electron chi connectivity index (χ1n) is 5.38. The molecule has 0 saturated heterocycles. The van der Waals surface area contributed by atoms with E-state index in [0.29, 0.717) is 6.42 Å². The van der Waals surface area contributed by atoms with Crippen molar-refractivity contribution in [3.8, 4) is 0 Å². The van der Waals surface area contributed by atoms with Crippen LogP contribution < -0.4 is 4.90 Å². The highest BCUT2D eigenvalue weighted by molar-refractivity contribution is 9.10. The van der Waals surface area contributed by atoms with Gasteiger partial charge in [0.2, 0.25) is 0 Å². The van der Waals surface area contributed by atoms with Crippen LogP contribution >= 0.6 is 15.9 Å². The van der Waals surface area contributed by atoms with Crippen molar-refractivity contribution in [2.45, 2.75) is 39.6 Å². The van der Waals surface area contributed by atoms with Crippen LogP contribution in [0.15, 0.2) is 22.7 Å². The van der Waals surface area contributed by atoms with Crippen LogP contribution in [0.5, 0.6) is 0 Å². The van der Waals surface area contributed by atoms with E-state index in [9.17, 15) is 10.2 Å². The lowest BCUT2D eigenvalue weighted by Crippen LogP contribution is -2.41. The average molecular weight is 288 g/mol. The zero-order chi connectivity index (χ0) is 12.3. The van der Waals surface area contributed by atoms with Crippen LogP contribution in [-0.4, -0.2) is 22.7 Å². The molecule has 3 nitrogen and oxygen atoms in total. The molecule has 2 N–H and O–H groups in total. The molecule has 0 aliphatic rings. The molecule has 0 radical (unpaired) electrons. The third-order valence-electron chi connectivity index (χ3n) is 2.53. The first kappa shape index (κ1) is 13.5. The molecule has 0 amide bonds. The molecule has 0 fully saturated rings. The van der Waals surface area contributed by atoms with Crippen LogP contribution in [0.1, 0.15) is 25.8 Å². The molecule has 2 unspecified atom stereocenters. The molecule has 16 heavy (non-hydrogen) atoms. The summed E-state index contributed by atoms with van der Waals surface area (Å²) in [5, 5.41) is 19.5. The number of nitrogens with zero attached hydrogens (tertiary/aromatic N) is 1. The first-order chi connectivity index (χ1) is 7.47. The predicted octanol–water partition coefficient (Wildman–Crippen LogP) is 2.63. The zero-order valence-electron chi connectivity index (χ0n) is 9.81. The summed E-state index contributed by atoms with van der Waals surface area (Å²) >= 11 is 3.43. The lowest BCUT2D eigenvalue weighted by atomic mass is 10.2. The Kier molecular flexibility index (Phi) is 4.77. The van der Waals surface area contributed by atoms with Gasteiger partial charge in [-0.05, 0) is 44.0 Å². The van der Waals surface area contributed by atoms with E-state index in [1.165, 1.54) is 0 Å². The average Bonchev–Trinajstić information content (AvgIpc) is 2.22. The second-order valence-corrected chi connectivity index (χ2v) is 4.72. The van der Waals surface area contributed by atoms with E-state index in [1.54, 1.807) is 11.8 Å². The van der Waals surface area contributed by atoms with Crippen molar-refractivity contribution < 1.29 is 10.2 Å². The topological polar surface area (TPSA) is 43.7 Å². The van der Waals surface area contributed by atoms with Gasteiger partial charge in [0, 0.05) is 10.2 Å². The van der Waals surface area contributed by atoms with Crippen molar-refractivity contribution in [3.05, 3.63) is 28.2 Å². The smallest absolute Gasteiger partial charge is 0.128 e. The molecule has 4 heteroatoms. The Morgan fingerprint density at radius 3 is 2.44 bits per heavy atom. The molecular weight excluding hydrogens is 270 g/mol. The molecule has 1 aromatic rings. The summed E-state index contributed by atoms with van der Waals surface area (Å²) in [6.45, 7) is 5.51. The van der Waals surface area contributed by atoms with Crippen molar-refractivity contribution in [3.63, 3.8) is 0 Å². The molecular formula is C12H18BrNO2. The van der Waals surface area contributed by atoms with Gasteiger partial charge < -0.3 is 15.1 Å². The minimum atomic E-state index is -0.712. The number of anilines is 1. The van der Waals surface area contributed by atoms with Crippen molar-refractivity contribution in [2.75, 3.05) is 4.90 Å². The van der Waals surface area contributed by atoms with Gasteiger partial charge in [0.25, 0.3) is 0 Å². The summed E-state index contributed by atoms with van der Waals surface area (Å²) in [6, 6.07) is 5.74. The maximum Gasteiger partial charge on any atom is 0.128 e. The fourth-order valence-electron chi connectivity index (χ4n) is 1.62. The first-order valence-corrected chi connectivity index (χ1v) is 6.17. The van der Waals surface area contributed by atoms with Gasteiger partial charge in [-0.25, -0.2) is 0 Å². The van der Waals surface area contributed by atoms with E-state index in [4.69, 9.17) is 0 Å². The molecule has 0 aliphatic carbocycles. The highest BCUT2D eigenvalue weighted by atomic mass is 79.9. The largest absolute Gasteiger partial charge is 0.374 e.